The standard InChI is InChI=1S/C8H16N2O4/c1-2-7(12)10-5(8(13)14)3-4-6(9)11/h5,7,10,12H,2-4H2,1H3,(H2,9,11)(H,13,14). The number of carboxylic acids is 1. The third-order valence-electron chi connectivity index (χ3n) is 1.76. The molecule has 0 fully saturated rings. The molecule has 2 atom stereocenters. The van der Waals surface area contributed by atoms with E-state index in [0.717, 1.165) is 0 Å². The van der Waals surface area contributed by atoms with Crippen molar-refractivity contribution in [1.29, 1.82) is 0 Å². The Balaban J connectivity index is 4.02. The molecule has 0 spiro atoms. The summed E-state index contributed by atoms with van der Waals surface area (Å²) in [6, 6.07) is -0.933. The molecule has 0 aliphatic heterocycles. The minimum absolute atomic E-state index is 0.0135. The zero-order valence-corrected chi connectivity index (χ0v) is 8.06. The molecule has 0 aliphatic carbocycles. The van der Waals surface area contributed by atoms with E-state index < -0.39 is 24.1 Å². The van der Waals surface area contributed by atoms with Crippen LogP contribution in [0, 0.1) is 0 Å². The number of amides is 1. The lowest BCUT2D eigenvalue weighted by Gasteiger charge is -2.17. The lowest BCUT2D eigenvalue weighted by atomic mass is 10.1. The van der Waals surface area contributed by atoms with Gasteiger partial charge in [0, 0.05) is 6.42 Å². The van der Waals surface area contributed by atoms with Gasteiger partial charge >= 0.3 is 5.97 Å². The van der Waals surface area contributed by atoms with Crippen molar-refractivity contribution < 1.29 is 19.8 Å². The van der Waals surface area contributed by atoms with Gasteiger partial charge in [-0.1, -0.05) is 6.92 Å². The average molecular weight is 204 g/mol. The number of aliphatic hydroxyl groups is 1. The number of nitrogens with one attached hydrogen (secondary N) is 1. The summed E-state index contributed by atoms with van der Waals surface area (Å²) in [6.07, 6.45) is -0.397. The number of primary amides is 1. The van der Waals surface area contributed by atoms with Crippen LogP contribution >= 0.6 is 0 Å². The SMILES string of the molecule is CCC(O)NC(CCC(N)=O)C(=O)O. The Bertz CT molecular complexity index is 208. The van der Waals surface area contributed by atoms with Crippen molar-refractivity contribution in [2.45, 2.75) is 38.5 Å². The molecule has 0 aromatic carbocycles. The second-order valence-electron chi connectivity index (χ2n) is 2.99. The highest BCUT2D eigenvalue weighted by Crippen LogP contribution is 1.99. The number of hydrogen-bond donors (Lipinski definition) is 4. The Kier molecular flexibility index (Phi) is 5.82. The first-order chi connectivity index (χ1) is 6.47. The normalized spacial score (nSPS) is 14.7. The fourth-order valence-corrected chi connectivity index (χ4v) is 0.915. The number of aliphatic carboxylic acids is 1. The minimum Gasteiger partial charge on any atom is -0.480 e. The fourth-order valence-electron chi connectivity index (χ4n) is 0.915. The van der Waals surface area contributed by atoms with Crippen molar-refractivity contribution in [3.05, 3.63) is 0 Å². The molecule has 0 aromatic rings. The maximum atomic E-state index is 10.6. The second kappa shape index (κ2) is 6.33. The van der Waals surface area contributed by atoms with Crippen LogP contribution in [0.5, 0.6) is 0 Å². The predicted molar refractivity (Wildman–Crippen MR) is 49.3 cm³/mol. The van der Waals surface area contributed by atoms with Gasteiger partial charge in [0.05, 0.1) is 0 Å². The lowest BCUT2D eigenvalue weighted by molar-refractivity contribution is -0.140. The van der Waals surface area contributed by atoms with Crippen molar-refractivity contribution >= 4 is 11.9 Å². The van der Waals surface area contributed by atoms with Crippen LogP contribution in [0.3, 0.4) is 0 Å². The molecule has 0 heterocycles. The van der Waals surface area contributed by atoms with Gasteiger partial charge in [0.15, 0.2) is 0 Å². The summed E-state index contributed by atoms with van der Waals surface area (Å²) in [5.41, 5.74) is 4.88. The van der Waals surface area contributed by atoms with Crippen LogP contribution < -0.4 is 11.1 Å². The van der Waals surface area contributed by atoms with Crippen molar-refractivity contribution in [1.82, 2.24) is 5.32 Å². The topological polar surface area (TPSA) is 113 Å². The third-order valence-corrected chi connectivity index (χ3v) is 1.76. The molecule has 0 bridgehead atoms. The average Bonchev–Trinajstić information content (AvgIpc) is 2.10. The van der Waals surface area contributed by atoms with E-state index in [-0.39, 0.29) is 12.8 Å². The van der Waals surface area contributed by atoms with Gasteiger partial charge in [0.25, 0.3) is 0 Å². The van der Waals surface area contributed by atoms with Crippen molar-refractivity contribution in [3.8, 4) is 0 Å². The fraction of sp³-hybridized carbons (Fsp3) is 0.750. The smallest absolute Gasteiger partial charge is 0.320 e. The number of hydrogen-bond acceptors (Lipinski definition) is 4. The van der Waals surface area contributed by atoms with Crippen LogP contribution in [-0.2, 0) is 9.59 Å². The molecule has 82 valence electrons. The summed E-state index contributed by atoms with van der Waals surface area (Å²) in [5.74, 6) is -1.65. The molecule has 0 saturated carbocycles. The van der Waals surface area contributed by atoms with E-state index in [9.17, 15) is 9.59 Å². The van der Waals surface area contributed by atoms with Gasteiger partial charge in [-0.2, -0.15) is 0 Å². The Labute approximate surface area is 82.1 Å². The van der Waals surface area contributed by atoms with Gasteiger partial charge in [-0.05, 0) is 12.8 Å². The summed E-state index contributed by atoms with van der Waals surface area (Å²) in [7, 11) is 0. The predicted octanol–water partition coefficient (Wildman–Crippen LogP) is -0.977. The number of rotatable bonds is 7. The monoisotopic (exact) mass is 204 g/mol. The van der Waals surface area contributed by atoms with E-state index in [1.807, 2.05) is 0 Å². The molecule has 0 aliphatic rings. The van der Waals surface area contributed by atoms with Gasteiger partial charge in [0.2, 0.25) is 5.91 Å². The molecule has 1 amide bonds. The number of carbonyl (C=O) groups excluding carboxylic acids is 1. The molecule has 0 rings (SSSR count). The molecule has 14 heavy (non-hydrogen) atoms. The van der Waals surface area contributed by atoms with Gasteiger partial charge in [-0.25, -0.2) is 0 Å². The van der Waals surface area contributed by atoms with E-state index in [2.05, 4.69) is 5.32 Å². The maximum absolute atomic E-state index is 10.6. The molecule has 0 saturated heterocycles. The Morgan fingerprint density at radius 2 is 2.07 bits per heavy atom. The zero-order chi connectivity index (χ0) is 11.1. The second-order valence-corrected chi connectivity index (χ2v) is 2.99. The molecular formula is C8H16N2O4. The van der Waals surface area contributed by atoms with Crippen LogP contribution in [0.15, 0.2) is 0 Å². The number of carbonyl (C=O) groups is 2. The van der Waals surface area contributed by atoms with Crippen molar-refractivity contribution in [2.24, 2.45) is 5.73 Å². The number of nitrogens with two attached hydrogens (primary N) is 1. The molecular weight excluding hydrogens is 188 g/mol. The zero-order valence-electron chi connectivity index (χ0n) is 8.06. The molecule has 5 N–H and O–H groups in total. The van der Waals surface area contributed by atoms with Crippen molar-refractivity contribution in [3.63, 3.8) is 0 Å². The van der Waals surface area contributed by atoms with Crippen LogP contribution in [0.2, 0.25) is 0 Å². The Morgan fingerprint density at radius 1 is 1.50 bits per heavy atom. The van der Waals surface area contributed by atoms with E-state index in [4.69, 9.17) is 15.9 Å². The Morgan fingerprint density at radius 3 is 2.43 bits per heavy atom. The van der Waals surface area contributed by atoms with Crippen molar-refractivity contribution in [2.75, 3.05) is 0 Å². The highest BCUT2D eigenvalue weighted by Gasteiger charge is 2.19. The minimum atomic E-state index is -1.10. The quantitative estimate of drug-likeness (QED) is 0.398. The molecule has 0 aromatic heterocycles. The van der Waals surface area contributed by atoms with E-state index >= 15 is 0 Å². The third kappa shape index (κ3) is 5.50. The summed E-state index contributed by atoms with van der Waals surface area (Å²) in [4.78, 5) is 21.1. The first-order valence-corrected chi connectivity index (χ1v) is 4.42. The van der Waals surface area contributed by atoms with Crippen LogP contribution in [-0.4, -0.2) is 34.4 Å². The molecule has 6 nitrogen and oxygen atoms in total. The summed E-state index contributed by atoms with van der Waals surface area (Å²) >= 11 is 0. The van der Waals surface area contributed by atoms with E-state index in [1.165, 1.54) is 0 Å². The summed E-state index contributed by atoms with van der Waals surface area (Å²) < 4.78 is 0. The first-order valence-electron chi connectivity index (χ1n) is 4.42. The number of carboxylic acid groups (broad SMARTS) is 1. The highest BCUT2D eigenvalue weighted by molar-refractivity contribution is 5.77. The lowest BCUT2D eigenvalue weighted by Crippen LogP contribution is -2.43. The summed E-state index contributed by atoms with van der Waals surface area (Å²) in [6.45, 7) is 1.71. The van der Waals surface area contributed by atoms with Gasteiger partial charge in [0.1, 0.15) is 12.3 Å². The molecule has 0 radical (unpaired) electrons. The van der Waals surface area contributed by atoms with Gasteiger partial charge in [-0.3, -0.25) is 14.9 Å². The maximum Gasteiger partial charge on any atom is 0.320 e. The van der Waals surface area contributed by atoms with Gasteiger partial charge < -0.3 is 15.9 Å². The number of aliphatic hydroxyl groups excluding tert-OH is 1. The highest BCUT2D eigenvalue weighted by atomic mass is 16.4. The van der Waals surface area contributed by atoms with Crippen LogP contribution in [0.4, 0.5) is 0 Å². The van der Waals surface area contributed by atoms with E-state index in [0.29, 0.717) is 6.42 Å². The van der Waals surface area contributed by atoms with Gasteiger partial charge in [-0.15, -0.1) is 0 Å². The molecule has 6 heteroatoms. The molecule has 2 unspecified atom stereocenters. The summed E-state index contributed by atoms with van der Waals surface area (Å²) in [5, 5.41) is 20.3. The van der Waals surface area contributed by atoms with Crippen LogP contribution in [0.25, 0.3) is 0 Å². The first kappa shape index (κ1) is 12.9. The Hall–Kier alpha value is -1.14. The largest absolute Gasteiger partial charge is 0.480 e. The van der Waals surface area contributed by atoms with Crippen LogP contribution in [0.1, 0.15) is 26.2 Å². The van der Waals surface area contributed by atoms with E-state index in [1.54, 1.807) is 6.92 Å².